The van der Waals surface area contributed by atoms with Crippen molar-refractivity contribution in [1.29, 1.82) is 0 Å². The number of carbonyl (C=O) groups excluding carboxylic acids is 2. The summed E-state index contributed by atoms with van der Waals surface area (Å²) < 4.78 is 10.5. The van der Waals surface area contributed by atoms with Crippen molar-refractivity contribution in [3.8, 4) is 11.5 Å². The van der Waals surface area contributed by atoms with Crippen molar-refractivity contribution in [1.82, 2.24) is 5.32 Å². The fourth-order valence-electron chi connectivity index (χ4n) is 2.43. The SMILES string of the molecule is CC[C@@H](NC(=O)c1ccc(OCC(N)=O)c(OC)c1)c1ccc(Cl)cc1. The Morgan fingerprint density at radius 2 is 1.85 bits per heavy atom. The minimum absolute atomic E-state index is 0.142. The molecule has 3 N–H and O–H groups in total. The number of carbonyl (C=O) groups is 2. The molecule has 0 aliphatic heterocycles. The first-order valence-electron chi connectivity index (χ1n) is 8.10. The summed E-state index contributed by atoms with van der Waals surface area (Å²) in [5, 5.41) is 3.63. The molecular formula is C19H21ClN2O4. The first-order valence-corrected chi connectivity index (χ1v) is 8.47. The van der Waals surface area contributed by atoms with Crippen molar-refractivity contribution in [2.75, 3.05) is 13.7 Å². The third-order valence-electron chi connectivity index (χ3n) is 3.78. The summed E-state index contributed by atoms with van der Waals surface area (Å²) in [4.78, 5) is 23.4. The Morgan fingerprint density at radius 1 is 1.15 bits per heavy atom. The van der Waals surface area contributed by atoms with E-state index >= 15 is 0 Å². The molecule has 0 saturated heterocycles. The number of nitrogens with one attached hydrogen (secondary N) is 1. The third-order valence-corrected chi connectivity index (χ3v) is 4.03. The van der Waals surface area contributed by atoms with Gasteiger partial charge in [-0.15, -0.1) is 0 Å². The smallest absolute Gasteiger partial charge is 0.255 e. The lowest BCUT2D eigenvalue weighted by Crippen LogP contribution is -2.28. The molecule has 6 nitrogen and oxygen atoms in total. The van der Waals surface area contributed by atoms with Gasteiger partial charge in [0.05, 0.1) is 13.2 Å². The fraction of sp³-hybridized carbons (Fsp3) is 0.263. The summed E-state index contributed by atoms with van der Waals surface area (Å²) in [6, 6.07) is 11.9. The van der Waals surface area contributed by atoms with E-state index in [1.54, 1.807) is 30.3 Å². The van der Waals surface area contributed by atoms with Crippen LogP contribution in [0.5, 0.6) is 11.5 Å². The number of ether oxygens (including phenoxy) is 2. The second-order valence-electron chi connectivity index (χ2n) is 5.61. The lowest BCUT2D eigenvalue weighted by Gasteiger charge is -2.18. The van der Waals surface area contributed by atoms with Crippen LogP contribution in [0, 0.1) is 0 Å². The maximum absolute atomic E-state index is 12.6. The topological polar surface area (TPSA) is 90.6 Å². The molecule has 2 amide bonds. The Labute approximate surface area is 157 Å². The molecule has 0 unspecified atom stereocenters. The van der Waals surface area contributed by atoms with E-state index in [0.29, 0.717) is 22.1 Å². The van der Waals surface area contributed by atoms with Gasteiger partial charge in [-0.3, -0.25) is 9.59 Å². The van der Waals surface area contributed by atoms with Crippen molar-refractivity contribution >= 4 is 23.4 Å². The van der Waals surface area contributed by atoms with E-state index in [1.165, 1.54) is 7.11 Å². The molecule has 2 aromatic rings. The molecule has 0 fully saturated rings. The van der Waals surface area contributed by atoms with Crippen LogP contribution in [-0.4, -0.2) is 25.5 Å². The lowest BCUT2D eigenvalue weighted by molar-refractivity contribution is -0.119. The highest BCUT2D eigenvalue weighted by molar-refractivity contribution is 6.30. The Bertz CT molecular complexity index is 778. The molecular weight excluding hydrogens is 356 g/mol. The van der Waals surface area contributed by atoms with Crippen molar-refractivity contribution in [3.05, 3.63) is 58.6 Å². The van der Waals surface area contributed by atoms with Gasteiger partial charge in [0.2, 0.25) is 0 Å². The van der Waals surface area contributed by atoms with Crippen LogP contribution in [0.4, 0.5) is 0 Å². The number of benzene rings is 2. The molecule has 1 atom stereocenters. The van der Waals surface area contributed by atoms with Crippen LogP contribution in [0.1, 0.15) is 35.3 Å². The summed E-state index contributed by atoms with van der Waals surface area (Å²) in [7, 11) is 1.46. The van der Waals surface area contributed by atoms with Gasteiger partial charge in [-0.1, -0.05) is 30.7 Å². The van der Waals surface area contributed by atoms with E-state index < -0.39 is 5.91 Å². The van der Waals surface area contributed by atoms with Crippen molar-refractivity contribution < 1.29 is 19.1 Å². The average molecular weight is 377 g/mol. The highest BCUT2D eigenvalue weighted by Gasteiger charge is 2.16. The van der Waals surface area contributed by atoms with E-state index in [4.69, 9.17) is 26.8 Å². The highest BCUT2D eigenvalue weighted by Crippen LogP contribution is 2.28. The highest BCUT2D eigenvalue weighted by atomic mass is 35.5. The predicted octanol–water partition coefficient (Wildman–Crippen LogP) is 3.09. The maximum atomic E-state index is 12.6. The van der Waals surface area contributed by atoms with Crippen molar-refractivity contribution in [3.63, 3.8) is 0 Å². The second-order valence-corrected chi connectivity index (χ2v) is 6.04. The zero-order valence-corrected chi connectivity index (χ0v) is 15.4. The van der Waals surface area contributed by atoms with E-state index in [1.807, 2.05) is 19.1 Å². The van der Waals surface area contributed by atoms with Gasteiger partial charge in [0.25, 0.3) is 11.8 Å². The number of methoxy groups -OCH3 is 1. The quantitative estimate of drug-likeness (QED) is 0.740. The van der Waals surface area contributed by atoms with Gasteiger partial charge in [-0.25, -0.2) is 0 Å². The van der Waals surface area contributed by atoms with Gasteiger partial charge >= 0.3 is 0 Å². The second kappa shape index (κ2) is 9.10. The van der Waals surface area contributed by atoms with Crippen molar-refractivity contribution in [2.24, 2.45) is 5.73 Å². The molecule has 0 spiro atoms. The van der Waals surface area contributed by atoms with Crippen molar-refractivity contribution in [2.45, 2.75) is 19.4 Å². The van der Waals surface area contributed by atoms with Gasteiger partial charge in [0.1, 0.15) is 0 Å². The maximum Gasteiger partial charge on any atom is 0.255 e. The normalized spacial score (nSPS) is 11.5. The average Bonchev–Trinajstić information content (AvgIpc) is 2.64. The molecule has 0 bridgehead atoms. The molecule has 0 saturated carbocycles. The number of halogens is 1. The van der Waals surface area contributed by atoms with Gasteiger partial charge in [0, 0.05) is 10.6 Å². The summed E-state index contributed by atoms with van der Waals surface area (Å²) in [6.45, 7) is 1.72. The van der Waals surface area contributed by atoms with E-state index in [-0.39, 0.29) is 18.6 Å². The molecule has 26 heavy (non-hydrogen) atoms. The molecule has 7 heteroatoms. The van der Waals surface area contributed by atoms with Crippen LogP contribution in [0.3, 0.4) is 0 Å². The number of rotatable bonds is 8. The Morgan fingerprint density at radius 3 is 2.42 bits per heavy atom. The van der Waals surface area contributed by atoms with Crippen LogP contribution < -0.4 is 20.5 Å². The summed E-state index contributed by atoms with van der Waals surface area (Å²) >= 11 is 5.91. The molecule has 0 heterocycles. The Hall–Kier alpha value is -2.73. The summed E-state index contributed by atoms with van der Waals surface area (Å²) in [5.74, 6) is -0.153. The van der Waals surface area contributed by atoms with Crippen LogP contribution in [0.25, 0.3) is 0 Å². The minimum Gasteiger partial charge on any atom is -0.493 e. The zero-order valence-electron chi connectivity index (χ0n) is 14.6. The Kier molecular flexibility index (Phi) is 6.86. The molecule has 2 rings (SSSR count). The molecule has 0 aliphatic carbocycles. The lowest BCUT2D eigenvalue weighted by atomic mass is 10.0. The number of primary amides is 1. The van der Waals surface area contributed by atoms with Gasteiger partial charge in [-0.05, 0) is 42.3 Å². The monoisotopic (exact) mass is 376 g/mol. The number of nitrogens with two attached hydrogens (primary N) is 1. The summed E-state index contributed by atoms with van der Waals surface area (Å²) in [6.07, 6.45) is 0.727. The van der Waals surface area contributed by atoms with Crippen LogP contribution in [0.2, 0.25) is 5.02 Å². The molecule has 0 aromatic heterocycles. The number of amides is 2. The molecule has 2 aromatic carbocycles. The van der Waals surface area contributed by atoms with E-state index in [9.17, 15) is 9.59 Å². The van der Waals surface area contributed by atoms with Gasteiger partial charge in [0.15, 0.2) is 18.1 Å². The molecule has 0 aliphatic rings. The third kappa shape index (κ3) is 5.13. The number of hydrogen-bond donors (Lipinski definition) is 2. The molecule has 0 radical (unpaired) electrons. The number of hydrogen-bond acceptors (Lipinski definition) is 4. The van der Waals surface area contributed by atoms with Crippen LogP contribution >= 0.6 is 11.6 Å². The fourth-order valence-corrected chi connectivity index (χ4v) is 2.56. The largest absolute Gasteiger partial charge is 0.493 e. The predicted molar refractivity (Wildman–Crippen MR) is 99.6 cm³/mol. The van der Waals surface area contributed by atoms with Gasteiger partial charge in [-0.2, -0.15) is 0 Å². The molecule has 138 valence electrons. The standard InChI is InChI=1S/C19H21ClN2O4/c1-3-15(12-4-7-14(20)8-5-12)22-19(24)13-6-9-16(17(10-13)25-2)26-11-18(21)23/h4-10,15H,3,11H2,1-2H3,(H2,21,23)(H,22,24)/t15-/m1/s1. The van der Waals surface area contributed by atoms with Crippen LogP contribution in [-0.2, 0) is 4.79 Å². The van der Waals surface area contributed by atoms with E-state index in [2.05, 4.69) is 5.32 Å². The Balaban J connectivity index is 2.14. The van der Waals surface area contributed by atoms with E-state index in [0.717, 1.165) is 12.0 Å². The summed E-state index contributed by atoms with van der Waals surface area (Å²) in [5.41, 5.74) is 6.46. The zero-order chi connectivity index (χ0) is 19.1. The van der Waals surface area contributed by atoms with Gasteiger partial charge < -0.3 is 20.5 Å². The van der Waals surface area contributed by atoms with Crippen LogP contribution in [0.15, 0.2) is 42.5 Å². The first kappa shape index (κ1) is 19.6. The first-order chi connectivity index (χ1) is 12.4. The minimum atomic E-state index is -0.595.